The number of rotatable bonds is 10. The van der Waals surface area contributed by atoms with E-state index in [0.29, 0.717) is 27.8 Å². The molecule has 0 radical (unpaired) electrons. The molecule has 0 saturated heterocycles. The Morgan fingerprint density at radius 2 is 1.21 bits per heavy atom. The second-order valence-corrected chi connectivity index (χ2v) is 15.4. The normalized spacial score (nSPS) is 11.4. The molecule has 0 fully saturated rings. The Bertz CT molecular complexity index is 2800. The van der Waals surface area contributed by atoms with Crippen molar-refractivity contribution in [1.82, 2.24) is 19.2 Å². The first-order chi connectivity index (χ1) is 26.6. The molecule has 0 unspecified atom stereocenters. The van der Waals surface area contributed by atoms with Gasteiger partial charge in [0.25, 0.3) is 5.56 Å². The third kappa shape index (κ3) is 10.8. The summed E-state index contributed by atoms with van der Waals surface area (Å²) in [6, 6.07) is 23.5. The molecule has 1 amide bonds. The Morgan fingerprint density at radius 1 is 0.690 bits per heavy atom. The van der Waals surface area contributed by atoms with Crippen molar-refractivity contribution in [2.75, 3.05) is 19.4 Å². The van der Waals surface area contributed by atoms with E-state index in [0.717, 1.165) is 30.3 Å². The molecule has 0 aliphatic rings. The summed E-state index contributed by atoms with van der Waals surface area (Å²) in [5, 5.41) is 58.4. The van der Waals surface area contributed by atoms with Gasteiger partial charge in [-0.1, -0.05) is 71.8 Å². The summed E-state index contributed by atoms with van der Waals surface area (Å²) in [6.07, 6.45) is 0. The topological polar surface area (TPSA) is 278 Å². The smallest absolute Gasteiger partial charge is 0.871 e. The fraction of sp³-hybridized carbons (Fsp3) is 0.111. The Morgan fingerprint density at radius 3 is 1.72 bits per heavy atom. The van der Waals surface area contributed by atoms with Gasteiger partial charge in [0, 0.05) is 12.3 Å². The molecule has 0 bridgehead atoms. The van der Waals surface area contributed by atoms with Gasteiger partial charge in [0.2, 0.25) is 26.0 Å². The Hall–Kier alpha value is -5.23. The minimum Gasteiger partial charge on any atom is -0.871 e. The first kappa shape index (κ1) is 47.1. The van der Waals surface area contributed by atoms with E-state index in [-0.39, 0.29) is 84.8 Å². The summed E-state index contributed by atoms with van der Waals surface area (Å²) in [5.74, 6) is -1.86. The summed E-state index contributed by atoms with van der Waals surface area (Å²) in [6.45, 7) is 2.98. The minimum absolute atomic E-state index is 0. The molecule has 296 valence electrons. The van der Waals surface area contributed by atoms with Crippen LogP contribution in [0.4, 0.5) is 28.4 Å². The van der Waals surface area contributed by atoms with Gasteiger partial charge in [-0.15, -0.1) is 5.11 Å². The van der Waals surface area contributed by atoms with Gasteiger partial charge < -0.3 is 20.6 Å². The number of hydrogen-bond acceptors (Lipinski definition) is 13. The number of aromatic amines is 1. The predicted molar refractivity (Wildman–Crippen MR) is 201 cm³/mol. The van der Waals surface area contributed by atoms with Gasteiger partial charge in [0.15, 0.2) is 5.69 Å². The zero-order valence-corrected chi connectivity index (χ0v) is 36.0. The number of nitrogens with one attached hydrogen (secondary N) is 4. The van der Waals surface area contributed by atoms with Gasteiger partial charge >= 0.3 is 46.3 Å². The molecule has 0 saturated carbocycles. The molecule has 0 spiro atoms. The number of aromatic nitrogens is 2. The average molecular weight is 881 g/mol. The van der Waals surface area contributed by atoms with Crippen molar-refractivity contribution in [3.05, 3.63) is 113 Å². The second kappa shape index (κ2) is 20.0. The van der Waals surface area contributed by atoms with Crippen LogP contribution < -0.4 is 65.2 Å². The van der Waals surface area contributed by atoms with Crippen molar-refractivity contribution in [2.45, 2.75) is 23.6 Å². The van der Waals surface area contributed by atoms with Crippen molar-refractivity contribution in [2.24, 2.45) is 20.5 Å². The third-order valence-electron chi connectivity index (χ3n) is 7.88. The minimum atomic E-state index is -3.78. The van der Waals surface area contributed by atoms with Crippen molar-refractivity contribution >= 4 is 65.2 Å². The van der Waals surface area contributed by atoms with Crippen LogP contribution in [0.5, 0.6) is 17.2 Å². The summed E-state index contributed by atoms with van der Waals surface area (Å²) >= 11 is 0. The maximum Gasteiger partial charge on any atom is 3.00 e. The van der Waals surface area contributed by atoms with E-state index in [1.54, 1.807) is 55.5 Å². The van der Waals surface area contributed by atoms with Crippen LogP contribution in [0.25, 0.3) is 16.5 Å². The van der Waals surface area contributed by atoms with Crippen LogP contribution >= 0.6 is 0 Å². The molecule has 1 heterocycles. The molecule has 0 atom stereocenters. The standard InChI is InChI=1S/C19H18N4O5S.C17H17N5O4S.Co.Na/c1-11(24)21-14-5-3-4-12-6-8-17(26)19(18(12)14)23-22-15-10-13(7-9-16(15)25)29(27,28)20-2;1-11-16(17(24)22(21-11)12-6-4-3-5-7-12)20-19-14-10-13(8-9-15(14)23)27(25,26)18-2;;/h3-10,20,25-26H,1-2H3,(H,21,24);3-10,18,21,23H,1-2H3;;/q;;+3;+1/p-3. The number of para-hydroxylation sites is 1. The summed E-state index contributed by atoms with van der Waals surface area (Å²) in [4.78, 5) is 23.8. The molecule has 0 aliphatic heterocycles. The van der Waals surface area contributed by atoms with Crippen LogP contribution in [0.15, 0.2) is 132 Å². The van der Waals surface area contributed by atoms with Gasteiger partial charge in [0.05, 0.1) is 43.9 Å². The number of anilines is 1. The fourth-order valence-electron chi connectivity index (χ4n) is 5.08. The number of carbonyl (C=O) groups is 1. The molecule has 4 N–H and O–H groups in total. The zero-order chi connectivity index (χ0) is 40.8. The van der Waals surface area contributed by atoms with Crippen molar-refractivity contribution in [3.63, 3.8) is 0 Å². The number of hydrogen-bond donors (Lipinski definition) is 4. The van der Waals surface area contributed by atoms with Crippen LogP contribution in [0.1, 0.15) is 12.6 Å². The van der Waals surface area contributed by atoms with Gasteiger partial charge in [-0.2, -0.15) is 15.3 Å². The molecule has 6 aromatic rings. The molecule has 22 heteroatoms. The fourth-order valence-corrected chi connectivity index (χ4v) is 6.58. The number of H-pyrrole nitrogens is 1. The predicted octanol–water partition coefficient (Wildman–Crippen LogP) is 1.14. The molecular formula is C36H32CoN9NaO9S2+. The van der Waals surface area contributed by atoms with Crippen LogP contribution in [-0.2, 0) is 41.6 Å². The summed E-state index contributed by atoms with van der Waals surface area (Å²) in [7, 11) is -5.01. The maximum absolute atomic E-state index is 12.6. The Kier molecular flexibility index (Phi) is 16.2. The summed E-state index contributed by atoms with van der Waals surface area (Å²) in [5.41, 5.74) is 0.544. The van der Waals surface area contributed by atoms with E-state index >= 15 is 0 Å². The Balaban J connectivity index is 0.000000301. The monoisotopic (exact) mass is 880 g/mol. The number of fused-ring (bicyclic) bond motifs is 1. The van der Waals surface area contributed by atoms with Crippen LogP contribution in [0, 0.1) is 6.92 Å². The van der Waals surface area contributed by atoms with Gasteiger partial charge in [-0.05, 0) is 68.9 Å². The second-order valence-electron chi connectivity index (χ2n) is 11.6. The number of sulfonamides is 2. The molecule has 18 nitrogen and oxygen atoms in total. The first-order valence-corrected chi connectivity index (χ1v) is 19.2. The number of benzene rings is 5. The van der Waals surface area contributed by atoms with Gasteiger partial charge in [-0.3, -0.25) is 14.7 Å². The third-order valence-corrected chi connectivity index (χ3v) is 10.7. The van der Waals surface area contributed by atoms with E-state index in [1.807, 2.05) is 6.07 Å². The van der Waals surface area contributed by atoms with E-state index in [1.165, 1.54) is 37.8 Å². The zero-order valence-electron chi connectivity index (χ0n) is 31.3. The van der Waals surface area contributed by atoms with Crippen LogP contribution in [0.3, 0.4) is 0 Å². The number of aryl methyl sites for hydroxylation is 1. The molecule has 5 aromatic carbocycles. The molecule has 58 heavy (non-hydrogen) atoms. The number of carbonyl (C=O) groups excluding carboxylic acids is 1. The molecule has 1 aromatic heterocycles. The maximum atomic E-state index is 12.6. The number of amides is 1. The van der Waals surface area contributed by atoms with E-state index in [2.05, 4.69) is 40.3 Å². The van der Waals surface area contributed by atoms with E-state index < -0.39 is 42.9 Å². The molecule has 0 aliphatic carbocycles. The molecular weight excluding hydrogens is 849 g/mol. The average Bonchev–Trinajstić information content (AvgIpc) is 3.46. The molecule has 6 rings (SSSR count). The van der Waals surface area contributed by atoms with Gasteiger partial charge in [-0.25, -0.2) is 31.0 Å². The van der Waals surface area contributed by atoms with Crippen molar-refractivity contribution in [3.8, 4) is 22.9 Å². The first-order valence-electron chi connectivity index (χ1n) is 16.3. The SMILES string of the molecule is CNS(=O)(=O)c1ccc([O-])c(N=Nc2c(C)[nH]n(-c3ccccc3)c2=O)c1.CNS(=O)(=O)c1ccc([O-])c(N=Nc2c([O-])ccc3cccc(NC(C)=O)c23)c1.[Co+3].[Na+]. The van der Waals surface area contributed by atoms with E-state index in [4.69, 9.17) is 0 Å². The Labute approximate surface area is 364 Å². The largest absolute Gasteiger partial charge is 3.00 e. The van der Waals surface area contributed by atoms with Gasteiger partial charge in [0.1, 0.15) is 0 Å². The van der Waals surface area contributed by atoms with Crippen LogP contribution in [-0.4, -0.2) is 46.6 Å². The number of nitrogens with zero attached hydrogens (tertiary/aromatic N) is 5. The van der Waals surface area contributed by atoms with E-state index in [9.17, 15) is 41.7 Å². The van der Waals surface area contributed by atoms with Crippen LogP contribution in [0.2, 0.25) is 0 Å². The summed E-state index contributed by atoms with van der Waals surface area (Å²) < 4.78 is 53.2. The quantitative estimate of drug-likeness (QED) is 0.113. The van der Waals surface area contributed by atoms with Crippen molar-refractivity contribution in [1.29, 1.82) is 0 Å². The van der Waals surface area contributed by atoms with Crippen molar-refractivity contribution < 1.29 is 83.3 Å². The number of azo groups is 2.